The summed E-state index contributed by atoms with van der Waals surface area (Å²) < 4.78 is 7.53. The third-order valence-corrected chi connectivity index (χ3v) is 3.55. The molecule has 0 radical (unpaired) electrons. The third-order valence-electron chi connectivity index (χ3n) is 2.41. The third kappa shape index (κ3) is 2.75. The van der Waals surface area contributed by atoms with E-state index in [0.29, 0.717) is 11.8 Å². The van der Waals surface area contributed by atoms with Crippen molar-refractivity contribution in [3.63, 3.8) is 0 Å². The van der Waals surface area contributed by atoms with Crippen LogP contribution in [0.4, 0.5) is 0 Å². The second-order valence-electron chi connectivity index (χ2n) is 3.58. The highest BCUT2D eigenvalue weighted by molar-refractivity contribution is 9.11. The van der Waals surface area contributed by atoms with Crippen LogP contribution in [0.3, 0.4) is 0 Å². The van der Waals surface area contributed by atoms with Gasteiger partial charge in [-0.15, -0.1) is 10.2 Å². The lowest BCUT2D eigenvalue weighted by Gasteiger charge is -2.03. The molecule has 1 aromatic carbocycles. The molecule has 0 aliphatic rings. The molecule has 1 aromatic heterocycles. The standard InChI is InChI=1S/C11H11Br2N3O/c1-6(14-2)10-15-16-11(17-10)8-4-3-7(12)5-9(8)13/h3-6,14H,1-2H3. The molecule has 2 rings (SSSR count). The van der Waals surface area contributed by atoms with Crippen LogP contribution in [-0.2, 0) is 0 Å². The van der Waals surface area contributed by atoms with Crippen molar-refractivity contribution in [1.29, 1.82) is 0 Å². The van der Waals surface area contributed by atoms with E-state index in [1.54, 1.807) is 0 Å². The molecule has 0 saturated heterocycles. The summed E-state index contributed by atoms with van der Waals surface area (Å²) in [5, 5.41) is 11.1. The predicted octanol–water partition coefficient (Wildman–Crippen LogP) is 3.54. The van der Waals surface area contributed by atoms with Gasteiger partial charge in [0.2, 0.25) is 11.8 Å². The zero-order chi connectivity index (χ0) is 12.4. The molecule has 2 aromatic rings. The van der Waals surface area contributed by atoms with Crippen molar-refractivity contribution in [3.05, 3.63) is 33.0 Å². The predicted molar refractivity (Wildman–Crippen MR) is 72.6 cm³/mol. The molecule has 17 heavy (non-hydrogen) atoms. The molecular weight excluding hydrogens is 350 g/mol. The van der Waals surface area contributed by atoms with E-state index in [0.717, 1.165) is 14.5 Å². The SMILES string of the molecule is CNC(C)c1nnc(-c2ccc(Br)cc2Br)o1. The van der Waals surface area contributed by atoms with Crippen molar-refractivity contribution >= 4 is 31.9 Å². The summed E-state index contributed by atoms with van der Waals surface area (Å²) in [5.41, 5.74) is 0.884. The van der Waals surface area contributed by atoms with Gasteiger partial charge < -0.3 is 9.73 Å². The van der Waals surface area contributed by atoms with Gasteiger partial charge in [0.15, 0.2) is 0 Å². The van der Waals surface area contributed by atoms with Crippen LogP contribution < -0.4 is 5.32 Å². The molecule has 1 heterocycles. The lowest BCUT2D eigenvalue weighted by Crippen LogP contribution is -2.12. The highest BCUT2D eigenvalue weighted by atomic mass is 79.9. The van der Waals surface area contributed by atoms with Crippen LogP contribution in [0.25, 0.3) is 11.5 Å². The maximum atomic E-state index is 5.61. The fraction of sp³-hybridized carbons (Fsp3) is 0.273. The molecule has 0 fully saturated rings. The van der Waals surface area contributed by atoms with Gasteiger partial charge in [-0.2, -0.15) is 0 Å². The van der Waals surface area contributed by atoms with Gasteiger partial charge in [-0.25, -0.2) is 0 Å². The Kier molecular flexibility index (Phi) is 3.96. The zero-order valence-corrected chi connectivity index (χ0v) is 12.5. The highest BCUT2D eigenvalue weighted by Crippen LogP contribution is 2.30. The second kappa shape index (κ2) is 5.29. The maximum Gasteiger partial charge on any atom is 0.248 e. The summed E-state index contributed by atoms with van der Waals surface area (Å²) in [6.07, 6.45) is 0. The highest BCUT2D eigenvalue weighted by Gasteiger charge is 2.15. The molecule has 0 amide bonds. The first-order valence-electron chi connectivity index (χ1n) is 5.08. The molecule has 1 atom stereocenters. The van der Waals surface area contributed by atoms with Gasteiger partial charge in [-0.3, -0.25) is 0 Å². The number of benzene rings is 1. The van der Waals surface area contributed by atoms with Gasteiger partial charge in [0, 0.05) is 8.95 Å². The van der Waals surface area contributed by atoms with Gasteiger partial charge in [-0.05, 0) is 48.1 Å². The Morgan fingerprint density at radius 3 is 2.71 bits per heavy atom. The number of halogens is 2. The van der Waals surface area contributed by atoms with E-state index in [2.05, 4.69) is 47.4 Å². The maximum absolute atomic E-state index is 5.61. The molecular formula is C11H11Br2N3O. The summed E-state index contributed by atoms with van der Waals surface area (Å²) >= 11 is 6.88. The van der Waals surface area contributed by atoms with Crippen LogP contribution in [-0.4, -0.2) is 17.2 Å². The van der Waals surface area contributed by atoms with Gasteiger partial charge in [-0.1, -0.05) is 15.9 Å². The zero-order valence-electron chi connectivity index (χ0n) is 9.37. The fourth-order valence-electron chi connectivity index (χ4n) is 1.30. The van der Waals surface area contributed by atoms with Gasteiger partial charge >= 0.3 is 0 Å². The van der Waals surface area contributed by atoms with E-state index >= 15 is 0 Å². The van der Waals surface area contributed by atoms with Crippen molar-refractivity contribution in [2.75, 3.05) is 7.05 Å². The Morgan fingerprint density at radius 1 is 1.29 bits per heavy atom. The Morgan fingerprint density at radius 2 is 2.06 bits per heavy atom. The van der Waals surface area contributed by atoms with Crippen molar-refractivity contribution in [1.82, 2.24) is 15.5 Å². The summed E-state index contributed by atoms with van der Waals surface area (Å²) in [6.45, 7) is 1.97. The average molecular weight is 361 g/mol. The summed E-state index contributed by atoms with van der Waals surface area (Å²) in [6, 6.07) is 5.85. The normalized spacial score (nSPS) is 12.7. The summed E-state index contributed by atoms with van der Waals surface area (Å²) in [7, 11) is 1.85. The molecule has 0 bridgehead atoms. The van der Waals surface area contributed by atoms with Crippen LogP contribution >= 0.6 is 31.9 Å². The number of rotatable bonds is 3. The first kappa shape index (κ1) is 12.7. The van der Waals surface area contributed by atoms with E-state index in [4.69, 9.17) is 4.42 Å². The Hall–Kier alpha value is -0.720. The first-order valence-corrected chi connectivity index (χ1v) is 6.66. The molecule has 0 saturated carbocycles. The molecule has 0 aliphatic heterocycles. The van der Waals surface area contributed by atoms with Crippen molar-refractivity contribution < 1.29 is 4.42 Å². The molecule has 0 aliphatic carbocycles. The number of nitrogens with zero attached hydrogens (tertiary/aromatic N) is 2. The van der Waals surface area contributed by atoms with E-state index in [1.807, 2.05) is 32.2 Å². The topological polar surface area (TPSA) is 51.0 Å². The smallest absolute Gasteiger partial charge is 0.248 e. The summed E-state index contributed by atoms with van der Waals surface area (Å²) in [5.74, 6) is 1.10. The average Bonchev–Trinajstić information content (AvgIpc) is 2.77. The van der Waals surface area contributed by atoms with Crippen LogP contribution in [0.2, 0.25) is 0 Å². The molecule has 6 heteroatoms. The van der Waals surface area contributed by atoms with Gasteiger partial charge in [0.05, 0.1) is 11.6 Å². The largest absolute Gasteiger partial charge is 0.419 e. The van der Waals surface area contributed by atoms with Crippen LogP contribution in [0, 0.1) is 0 Å². The van der Waals surface area contributed by atoms with E-state index in [1.165, 1.54) is 0 Å². The molecule has 0 spiro atoms. The number of aromatic nitrogens is 2. The Labute approximate surface area is 116 Å². The van der Waals surface area contributed by atoms with Crippen molar-refractivity contribution in [2.45, 2.75) is 13.0 Å². The monoisotopic (exact) mass is 359 g/mol. The second-order valence-corrected chi connectivity index (χ2v) is 5.35. The number of hydrogen-bond donors (Lipinski definition) is 1. The quantitative estimate of drug-likeness (QED) is 0.909. The van der Waals surface area contributed by atoms with Crippen molar-refractivity contribution in [3.8, 4) is 11.5 Å². The Balaban J connectivity index is 2.37. The first-order chi connectivity index (χ1) is 8.11. The minimum Gasteiger partial charge on any atom is -0.419 e. The van der Waals surface area contributed by atoms with E-state index in [-0.39, 0.29) is 6.04 Å². The molecule has 1 N–H and O–H groups in total. The minimum atomic E-state index is 0.0467. The van der Waals surface area contributed by atoms with Crippen molar-refractivity contribution in [2.24, 2.45) is 0 Å². The molecule has 1 unspecified atom stereocenters. The van der Waals surface area contributed by atoms with Crippen LogP contribution in [0.15, 0.2) is 31.6 Å². The summed E-state index contributed by atoms with van der Waals surface area (Å²) in [4.78, 5) is 0. The lowest BCUT2D eigenvalue weighted by atomic mass is 10.2. The van der Waals surface area contributed by atoms with E-state index in [9.17, 15) is 0 Å². The number of hydrogen-bond acceptors (Lipinski definition) is 4. The molecule has 90 valence electrons. The van der Waals surface area contributed by atoms with Gasteiger partial charge in [0.1, 0.15) is 0 Å². The van der Waals surface area contributed by atoms with Crippen LogP contribution in [0.5, 0.6) is 0 Å². The Bertz CT molecular complexity index is 527. The lowest BCUT2D eigenvalue weighted by molar-refractivity contribution is 0.441. The van der Waals surface area contributed by atoms with Crippen LogP contribution in [0.1, 0.15) is 18.9 Å². The van der Waals surface area contributed by atoms with E-state index < -0.39 is 0 Å². The number of nitrogens with one attached hydrogen (secondary N) is 1. The van der Waals surface area contributed by atoms with Gasteiger partial charge in [0.25, 0.3) is 0 Å². The fourth-order valence-corrected chi connectivity index (χ4v) is 2.52. The molecule has 4 nitrogen and oxygen atoms in total. The minimum absolute atomic E-state index is 0.0467.